The first-order valence-electron chi connectivity index (χ1n) is 9.29. The molecule has 154 valence electrons. The number of nitrogens with one attached hydrogen (secondary N) is 2. The van der Waals surface area contributed by atoms with Crippen LogP contribution in [-0.2, 0) is 13.0 Å². The summed E-state index contributed by atoms with van der Waals surface area (Å²) in [4.78, 5) is 8.23. The van der Waals surface area contributed by atoms with Crippen LogP contribution < -0.4 is 15.4 Å². The van der Waals surface area contributed by atoms with Gasteiger partial charge in [-0.1, -0.05) is 12.1 Å². The van der Waals surface area contributed by atoms with Crippen molar-refractivity contribution >= 4 is 41.3 Å². The fourth-order valence-corrected chi connectivity index (χ4v) is 3.98. The summed E-state index contributed by atoms with van der Waals surface area (Å²) in [6.07, 6.45) is 0.963. The summed E-state index contributed by atoms with van der Waals surface area (Å²) in [5, 5.41) is 8.75. The second kappa shape index (κ2) is 11.6. The van der Waals surface area contributed by atoms with Crippen molar-refractivity contribution in [3.8, 4) is 5.75 Å². The van der Waals surface area contributed by atoms with E-state index in [0.717, 1.165) is 38.6 Å². The minimum atomic E-state index is -0.345. The molecule has 2 N–H and O–H groups in total. The van der Waals surface area contributed by atoms with Crippen molar-refractivity contribution < 1.29 is 9.13 Å². The Morgan fingerprint density at radius 1 is 1.32 bits per heavy atom. The molecule has 1 atom stereocenters. The van der Waals surface area contributed by atoms with Crippen LogP contribution in [0.15, 0.2) is 40.7 Å². The molecule has 0 radical (unpaired) electrons. The van der Waals surface area contributed by atoms with Crippen LogP contribution >= 0.6 is 35.3 Å². The molecule has 0 amide bonds. The highest BCUT2D eigenvalue weighted by Gasteiger charge is 2.16. The topological polar surface area (TPSA) is 48.9 Å². The lowest BCUT2D eigenvalue weighted by Crippen LogP contribution is -2.44. The summed E-state index contributed by atoms with van der Waals surface area (Å²) in [5.74, 6) is 0.655. The molecule has 1 aliphatic rings. The number of para-hydroxylation sites is 1. The maximum absolute atomic E-state index is 13.6. The Morgan fingerprint density at radius 2 is 2.14 bits per heavy atom. The van der Waals surface area contributed by atoms with Gasteiger partial charge in [-0.15, -0.1) is 35.3 Å². The molecule has 2 aromatic rings. The van der Waals surface area contributed by atoms with E-state index in [0.29, 0.717) is 6.54 Å². The largest absolute Gasteiger partial charge is 0.486 e. The van der Waals surface area contributed by atoms with Crippen molar-refractivity contribution in [2.75, 3.05) is 33.2 Å². The van der Waals surface area contributed by atoms with Gasteiger partial charge >= 0.3 is 0 Å². The summed E-state index contributed by atoms with van der Waals surface area (Å²) in [6.45, 7) is 6.36. The number of fused-ring (bicyclic) bond motifs is 1. The van der Waals surface area contributed by atoms with Gasteiger partial charge in [0.2, 0.25) is 0 Å². The molecular weight excluding hydrogens is 490 g/mol. The van der Waals surface area contributed by atoms with E-state index in [1.54, 1.807) is 25.2 Å². The molecular formula is C20H28FIN4OS. The summed E-state index contributed by atoms with van der Waals surface area (Å²) in [5.41, 5.74) is 1.47. The van der Waals surface area contributed by atoms with Crippen LogP contribution in [0.1, 0.15) is 17.4 Å². The first-order valence-corrected chi connectivity index (χ1v) is 10.2. The molecule has 0 bridgehead atoms. The predicted molar refractivity (Wildman–Crippen MR) is 125 cm³/mol. The Kier molecular flexibility index (Phi) is 9.46. The average molecular weight is 518 g/mol. The van der Waals surface area contributed by atoms with E-state index in [4.69, 9.17) is 4.74 Å². The average Bonchev–Trinajstić information content (AvgIpc) is 3.14. The summed E-state index contributed by atoms with van der Waals surface area (Å²) < 4.78 is 19.3. The first kappa shape index (κ1) is 22.9. The molecule has 1 aromatic carbocycles. The fourth-order valence-electron chi connectivity index (χ4n) is 3.09. The van der Waals surface area contributed by atoms with Crippen molar-refractivity contribution in [1.29, 1.82) is 0 Å². The van der Waals surface area contributed by atoms with Gasteiger partial charge in [-0.25, -0.2) is 4.39 Å². The first-order chi connectivity index (χ1) is 13.2. The van der Waals surface area contributed by atoms with Gasteiger partial charge in [-0.3, -0.25) is 9.89 Å². The van der Waals surface area contributed by atoms with E-state index in [9.17, 15) is 4.39 Å². The van der Waals surface area contributed by atoms with Gasteiger partial charge in [0.1, 0.15) is 6.10 Å². The number of guanidine groups is 1. The molecule has 1 unspecified atom stereocenters. The highest BCUT2D eigenvalue weighted by atomic mass is 127. The number of hydrogen-bond donors (Lipinski definition) is 2. The van der Waals surface area contributed by atoms with Crippen LogP contribution in [0.5, 0.6) is 5.75 Å². The van der Waals surface area contributed by atoms with Gasteiger partial charge in [-0.05, 0) is 42.5 Å². The van der Waals surface area contributed by atoms with Crippen molar-refractivity contribution in [3.63, 3.8) is 0 Å². The van der Waals surface area contributed by atoms with Gasteiger partial charge in [0.25, 0.3) is 0 Å². The van der Waals surface area contributed by atoms with E-state index in [2.05, 4.69) is 32.0 Å². The third-order valence-electron chi connectivity index (χ3n) is 4.55. The quantitative estimate of drug-likeness (QED) is 0.335. The van der Waals surface area contributed by atoms with E-state index in [1.165, 1.54) is 16.5 Å². The van der Waals surface area contributed by atoms with E-state index in [1.807, 2.05) is 18.3 Å². The lowest BCUT2D eigenvalue weighted by molar-refractivity contribution is 0.214. The molecule has 1 aromatic heterocycles. The number of ether oxygens (including phenoxy) is 1. The maximum Gasteiger partial charge on any atom is 0.191 e. The van der Waals surface area contributed by atoms with Crippen LogP contribution in [-0.4, -0.2) is 50.2 Å². The lowest BCUT2D eigenvalue weighted by Gasteiger charge is -2.27. The molecule has 0 aliphatic carbocycles. The molecule has 0 saturated heterocycles. The van der Waals surface area contributed by atoms with Crippen molar-refractivity contribution in [3.05, 3.63) is 52.0 Å². The second-order valence-corrected chi connectivity index (χ2v) is 7.63. The van der Waals surface area contributed by atoms with Gasteiger partial charge in [-0.2, -0.15) is 0 Å². The Balaban J connectivity index is 0.00000280. The SMILES string of the molecule is CN=C(NCCN1CCc2sccc2C1)NCC(C)Oc1ccccc1F.I. The van der Waals surface area contributed by atoms with Crippen molar-refractivity contribution in [2.24, 2.45) is 4.99 Å². The van der Waals surface area contributed by atoms with E-state index >= 15 is 0 Å². The molecule has 2 heterocycles. The van der Waals surface area contributed by atoms with Gasteiger partial charge in [0.05, 0.1) is 6.54 Å². The predicted octanol–water partition coefficient (Wildman–Crippen LogP) is 3.50. The molecule has 0 spiro atoms. The second-order valence-electron chi connectivity index (χ2n) is 6.63. The molecule has 5 nitrogen and oxygen atoms in total. The van der Waals surface area contributed by atoms with Crippen LogP contribution in [0.4, 0.5) is 4.39 Å². The number of rotatable bonds is 7. The molecule has 0 fully saturated rings. The summed E-state index contributed by atoms with van der Waals surface area (Å²) in [7, 11) is 1.75. The minimum Gasteiger partial charge on any atom is -0.486 e. The minimum absolute atomic E-state index is 0. The number of aliphatic imine (C=N–C) groups is 1. The standard InChI is InChI=1S/C20H27FN4OS.HI/c1-15(26-18-6-4-3-5-17(18)21)13-24-20(22-2)23-9-11-25-10-7-19-16(14-25)8-12-27-19;/h3-6,8,12,15H,7,9-11,13-14H2,1-2H3,(H2,22,23,24);1H. The summed E-state index contributed by atoms with van der Waals surface area (Å²) in [6, 6.07) is 8.68. The molecule has 28 heavy (non-hydrogen) atoms. The Labute approximate surface area is 187 Å². The number of hydrogen-bond acceptors (Lipinski definition) is 4. The number of halogens is 2. The lowest BCUT2D eigenvalue weighted by atomic mass is 10.1. The highest BCUT2D eigenvalue weighted by Crippen LogP contribution is 2.23. The number of thiophene rings is 1. The number of benzene rings is 1. The number of nitrogens with zero attached hydrogens (tertiary/aromatic N) is 2. The van der Waals surface area contributed by atoms with Crippen LogP contribution in [0.2, 0.25) is 0 Å². The Bertz CT molecular complexity index is 770. The van der Waals surface area contributed by atoms with Crippen molar-refractivity contribution in [1.82, 2.24) is 15.5 Å². The van der Waals surface area contributed by atoms with E-state index < -0.39 is 0 Å². The third-order valence-corrected chi connectivity index (χ3v) is 5.58. The zero-order valence-electron chi connectivity index (χ0n) is 16.3. The third kappa shape index (κ3) is 6.59. The zero-order chi connectivity index (χ0) is 19.1. The van der Waals surface area contributed by atoms with Crippen LogP contribution in [0.25, 0.3) is 0 Å². The smallest absolute Gasteiger partial charge is 0.191 e. The molecule has 3 rings (SSSR count). The molecule has 1 aliphatic heterocycles. The maximum atomic E-state index is 13.6. The molecule has 8 heteroatoms. The highest BCUT2D eigenvalue weighted by molar-refractivity contribution is 14.0. The van der Waals surface area contributed by atoms with E-state index in [-0.39, 0.29) is 41.6 Å². The van der Waals surface area contributed by atoms with Crippen LogP contribution in [0.3, 0.4) is 0 Å². The van der Waals surface area contributed by atoms with Gasteiger partial charge in [0.15, 0.2) is 17.5 Å². The zero-order valence-corrected chi connectivity index (χ0v) is 19.4. The van der Waals surface area contributed by atoms with Crippen LogP contribution in [0, 0.1) is 5.82 Å². The van der Waals surface area contributed by atoms with Gasteiger partial charge < -0.3 is 15.4 Å². The Morgan fingerprint density at radius 3 is 2.93 bits per heavy atom. The fraction of sp³-hybridized carbons (Fsp3) is 0.450. The Hall–Kier alpha value is -1.39. The monoisotopic (exact) mass is 518 g/mol. The normalized spacial score (nSPS) is 15.3. The van der Waals surface area contributed by atoms with Crippen molar-refractivity contribution in [2.45, 2.75) is 26.0 Å². The summed E-state index contributed by atoms with van der Waals surface area (Å²) >= 11 is 1.86. The molecule has 0 saturated carbocycles. The van der Waals surface area contributed by atoms with Gasteiger partial charge in [0, 0.05) is 38.1 Å².